The van der Waals surface area contributed by atoms with Gasteiger partial charge in [-0.2, -0.15) is 4.99 Å². The van der Waals surface area contributed by atoms with Gasteiger partial charge >= 0.3 is 0 Å². The summed E-state index contributed by atoms with van der Waals surface area (Å²) >= 11 is 1.51. The highest BCUT2D eigenvalue weighted by atomic mass is 32.1. The third-order valence-corrected chi connectivity index (χ3v) is 2.21. The van der Waals surface area contributed by atoms with Crippen molar-refractivity contribution in [3.8, 4) is 0 Å². The molecule has 1 aromatic rings. The molecule has 0 amide bonds. The van der Waals surface area contributed by atoms with E-state index in [-0.39, 0.29) is 6.04 Å². The number of thiazole rings is 1. The SMILES string of the molecule is CCC(N=C=O)c1nccs1. The Balaban J connectivity index is 2.79. The molecule has 0 radical (unpaired) electrons. The van der Waals surface area contributed by atoms with Crippen LogP contribution in [-0.4, -0.2) is 11.1 Å². The fourth-order valence-electron chi connectivity index (χ4n) is 0.784. The second-order valence-corrected chi connectivity index (χ2v) is 2.94. The number of aliphatic imine (C=N–C) groups is 1. The molecule has 0 saturated heterocycles. The van der Waals surface area contributed by atoms with Crippen LogP contribution in [0.25, 0.3) is 0 Å². The highest BCUT2D eigenvalue weighted by Crippen LogP contribution is 2.21. The minimum atomic E-state index is -0.0903. The van der Waals surface area contributed by atoms with Crippen molar-refractivity contribution in [2.24, 2.45) is 4.99 Å². The quantitative estimate of drug-likeness (QED) is 0.511. The molecule has 0 fully saturated rings. The number of nitrogens with zero attached hydrogens (tertiary/aromatic N) is 2. The Morgan fingerprint density at radius 3 is 3.18 bits per heavy atom. The predicted octanol–water partition coefficient (Wildman–Crippen LogP) is 1.93. The van der Waals surface area contributed by atoms with Gasteiger partial charge in [0, 0.05) is 11.6 Å². The normalized spacial score (nSPS) is 12.1. The molecule has 0 aliphatic carbocycles. The summed E-state index contributed by atoms with van der Waals surface area (Å²) in [6.07, 6.45) is 4.05. The second kappa shape index (κ2) is 4.01. The molecular weight excluding hydrogens is 160 g/mol. The van der Waals surface area contributed by atoms with Gasteiger partial charge in [0.1, 0.15) is 11.0 Å². The minimum Gasteiger partial charge on any atom is -0.247 e. The monoisotopic (exact) mass is 168 g/mol. The summed E-state index contributed by atoms with van der Waals surface area (Å²) in [6, 6.07) is -0.0903. The Kier molecular flexibility index (Phi) is 2.95. The zero-order valence-electron chi connectivity index (χ0n) is 6.15. The number of aromatic nitrogens is 1. The van der Waals surface area contributed by atoms with Gasteiger partial charge in [0.25, 0.3) is 0 Å². The summed E-state index contributed by atoms with van der Waals surface area (Å²) in [4.78, 5) is 17.6. The number of rotatable bonds is 3. The molecule has 1 unspecified atom stereocenters. The van der Waals surface area contributed by atoms with Crippen molar-refractivity contribution in [3.05, 3.63) is 16.6 Å². The van der Waals surface area contributed by atoms with E-state index in [4.69, 9.17) is 0 Å². The van der Waals surface area contributed by atoms with Crippen LogP contribution in [0.15, 0.2) is 16.6 Å². The van der Waals surface area contributed by atoms with Crippen LogP contribution in [0.5, 0.6) is 0 Å². The van der Waals surface area contributed by atoms with Crippen molar-refractivity contribution < 1.29 is 4.79 Å². The van der Waals surface area contributed by atoms with Crippen LogP contribution < -0.4 is 0 Å². The summed E-state index contributed by atoms with van der Waals surface area (Å²) in [5, 5.41) is 2.76. The first-order valence-corrected chi connectivity index (χ1v) is 4.22. The molecule has 3 nitrogen and oxygen atoms in total. The van der Waals surface area contributed by atoms with E-state index in [2.05, 4.69) is 9.98 Å². The van der Waals surface area contributed by atoms with Crippen molar-refractivity contribution in [3.63, 3.8) is 0 Å². The first-order valence-electron chi connectivity index (χ1n) is 3.34. The lowest BCUT2D eigenvalue weighted by Gasteiger charge is -2.00. The van der Waals surface area contributed by atoms with Gasteiger partial charge in [0.15, 0.2) is 0 Å². The van der Waals surface area contributed by atoms with Gasteiger partial charge in [-0.3, -0.25) is 0 Å². The summed E-state index contributed by atoms with van der Waals surface area (Å²) in [5.74, 6) is 0. The molecule has 0 bridgehead atoms. The van der Waals surface area contributed by atoms with E-state index < -0.39 is 0 Å². The first-order chi connectivity index (χ1) is 5.38. The second-order valence-electron chi connectivity index (χ2n) is 2.01. The molecule has 11 heavy (non-hydrogen) atoms. The lowest BCUT2D eigenvalue weighted by molar-refractivity contribution is 0.555. The van der Waals surface area contributed by atoms with Gasteiger partial charge in [0.2, 0.25) is 6.08 Å². The molecule has 0 N–H and O–H groups in total. The Hall–Kier alpha value is -0.990. The molecule has 4 heteroatoms. The molecule has 0 aliphatic heterocycles. The largest absolute Gasteiger partial charge is 0.247 e. The van der Waals surface area contributed by atoms with Gasteiger partial charge in [-0.25, -0.2) is 9.78 Å². The number of isocyanates is 1. The topological polar surface area (TPSA) is 42.3 Å². The summed E-state index contributed by atoms with van der Waals surface area (Å²) < 4.78 is 0. The summed E-state index contributed by atoms with van der Waals surface area (Å²) in [6.45, 7) is 1.97. The molecular formula is C7H8N2OS. The summed E-state index contributed by atoms with van der Waals surface area (Å²) in [7, 11) is 0. The van der Waals surface area contributed by atoms with E-state index in [0.717, 1.165) is 11.4 Å². The lowest BCUT2D eigenvalue weighted by Crippen LogP contribution is -1.90. The van der Waals surface area contributed by atoms with E-state index in [0.29, 0.717) is 0 Å². The van der Waals surface area contributed by atoms with Crippen molar-refractivity contribution in [1.82, 2.24) is 4.98 Å². The van der Waals surface area contributed by atoms with E-state index in [1.165, 1.54) is 11.3 Å². The summed E-state index contributed by atoms with van der Waals surface area (Å²) in [5.41, 5.74) is 0. The fourth-order valence-corrected chi connectivity index (χ4v) is 1.54. The molecule has 0 saturated carbocycles. The first kappa shape index (κ1) is 8.11. The molecule has 1 rings (SSSR count). The number of hydrogen-bond donors (Lipinski definition) is 0. The van der Waals surface area contributed by atoms with E-state index in [1.54, 1.807) is 12.3 Å². The van der Waals surface area contributed by atoms with Crippen molar-refractivity contribution >= 4 is 17.4 Å². The van der Waals surface area contributed by atoms with Crippen LogP contribution in [-0.2, 0) is 4.79 Å². The molecule has 0 aromatic carbocycles. The van der Waals surface area contributed by atoms with Gasteiger partial charge in [-0.15, -0.1) is 11.3 Å². The zero-order valence-corrected chi connectivity index (χ0v) is 6.97. The average Bonchev–Trinajstić information content (AvgIpc) is 2.52. The molecule has 0 spiro atoms. The van der Waals surface area contributed by atoms with E-state index in [9.17, 15) is 4.79 Å². The van der Waals surface area contributed by atoms with E-state index >= 15 is 0 Å². The Morgan fingerprint density at radius 1 is 1.91 bits per heavy atom. The maximum Gasteiger partial charge on any atom is 0.235 e. The lowest BCUT2D eigenvalue weighted by atomic mass is 10.2. The van der Waals surface area contributed by atoms with Gasteiger partial charge in [-0.05, 0) is 6.42 Å². The molecule has 58 valence electrons. The van der Waals surface area contributed by atoms with Crippen molar-refractivity contribution in [1.29, 1.82) is 0 Å². The molecule has 1 heterocycles. The van der Waals surface area contributed by atoms with Crippen LogP contribution in [0.3, 0.4) is 0 Å². The van der Waals surface area contributed by atoms with Crippen molar-refractivity contribution in [2.75, 3.05) is 0 Å². The molecule has 1 atom stereocenters. The Labute approximate surface area is 68.8 Å². The fraction of sp³-hybridized carbons (Fsp3) is 0.429. The highest BCUT2D eigenvalue weighted by molar-refractivity contribution is 7.09. The third-order valence-electron chi connectivity index (χ3n) is 1.33. The Morgan fingerprint density at radius 2 is 2.73 bits per heavy atom. The number of hydrogen-bond acceptors (Lipinski definition) is 4. The predicted molar refractivity (Wildman–Crippen MR) is 43.3 cm³/mol. The molecule has 0 aliphatic rings. The van der Waals surface area contributed by atoms with Crippen LogP contribution >= 0.6 is 11.3 Å². The smallest absolute Gasteiger partial charge is 0.235 e. The maximum atomic E-state index is 9.95. The third kappa shape index (κ3) is 1.97. The zero-order chi connectivity index (χ0) is 8.10. The van der Waals surface area contributed by atoms with E-state index in [1.807, 2.05) is 12.3 Å². The van der Waals surface area contributed by atoms with Crippen LogP contribution in [0.1, 0.15) is 24.4 Å². The standard InChI is InChI=1S/C7H8N2OS/c1-2-6(9-5-10)7-8-3-4-11-7/h3-4,6H,2H2,1H3. The van der Waals surface area contributed by atoms with Crippen LogP contribution in [0, 0.1) is 0 Å². The molecule has 1 aromatic heterocycles. The van der Waals surface area contributed by atoms with Gasteiger partial charge < -0.3 is 0 Å². The van der Waals surface area contributed by atoms with Gasteiger partial charge in [0.05, 0.1) is 0 Å². The van der Waals surface area contributed by atoms with Crippen LogP contribution in [0.4, 0.5) is 0 Å². The number of carbonyl (C=O) groups excluding carboxylic acids is 1. The average molecular weight is 168 g/mol. The maximum absolute atomic E-state index is 9.95. The van der Waals surface area contributed by atoms with Crippen molar-refractivity contribution in [2.45, 2.75) is 19.4 Å². The van der Waals surface area contributed by atoms with Crippen LogP contribution in [0.2, 0.25) is 0 Å². The van der Waals surface area contributed by atoms with Gasteiger partial charge in [-0.1, -0.05) is 6.92 Å². The highest BCUT2D eigenvalue weighted by Gasteiger charge is 2.08. The Bertz CT molecular complexity index is 251. The minimum absolute atomic E-state index is 0.0903.